The van der Waals surface area contributed by atoms with Crippen LogP contribution in [-0.4, -0.2) is 16.5 Å². The van der Waals surface area contributed by atoms with Crippen LogP contribution in [0, 0.1) is 0 Å². The van der Waals surface area contributed by atoms with Gasteiger partial charge in [-0.1, -0.05) is 18.5 Å². The predicted octanol–water partition coefficient (Wildman–Crippen LogP) is 4.29. The van der Waals surface area contributed by atoms with Crippen LogP contribution in [0.15, 0.2) is 30.6 Å². The van der Waals surface area contributed by atoms with Gasteiger partial charge >= 0.3 is 0 Å². The highest BCUT2D eigenvalue weighted by atomic mass is 35.5. The van der Waals surface area contributed by atoms with Gasteiger partial charge in [-0.2, -0.15) is 0 Å². The van der Waals surface area contributed by atoms with Crippen molar-refractivity contribution in [2.24, 2.45) is 0 Å². The first-order chi connectivity index (χ1) is 9.24. The van der Waals surface area contributed by atoms with Crippen LogP contribution < -0.4 is 4.74 Å². The molecule has 0 N–H and O–H groups in total. The Hall–Kier alpha value is -1.52. The highest BCUT2D eigenvalue weighted by Crippen LogP contribution is 2.38. The van der Waals surface area contributed by atoms with E-state index in [-0.39, 0.29) is 0 Å². The lowest BCUT2D eigenvalue weighted by molar-refractivity contribution is 0.416. The van der Waals surface area contributed by atoms with E-state index in [4.69, 9.17) is 16.3 Å². The van der Waals surface area contributed by atoms with Crippen molar-refractivity contribution < 1.29 is 4.74 Å². The number of rotatable bonds is 3. The van der Waals surface area contributed by atoms with Gasteiger partial charge in [-0.3, -0.25) is 4.40 Å². The van der Waals surface area contributed by atoms with Gasteiger partial charge in [-0.05, 0) is 24.6 Å². The third kappa shape index (κ3) is 2.01. The van der Waals surface area contributed by atoms with Crippen LogP contribution in [0.4, 0.5) is 0 Å². The lowest BCUT2D eigenvalue weighted by Crippen LogP contribution is -1.93. The van der Waals surface area contributed by atoms with Crippen LogP contribution in [0.2, 0.25) is 5.02 Å². The standard InChI is InChI=1S/C14H13ClN2OS/c1-3-12-13(17-7-6-16-14(17)19-12)10-8-9(15)4-5-11(10)18-2/h4-8H,3H2,1-2H3. The van der Waals surface area contributed by atoms with E-state index in [1.54, 1.807) is 18.4 Å². The van der Waals surface area contributed by atoms with Crippen molar-refractivity contribution in [2.45, 2.75) is 13.3 Å². The molecule has 0 spiro atoms. The molecule has 1 aromatic carbocycles. The lowest BCUT2D eigenvalue weighted by Gasteiger charge is -2.10. The number of aryl methyl sites for hydroxylation is 1. The SMILES string of the molecule is CCc1sc2nccn2c1-c1cc(Cl)ccc1OC. The first-order valence-corrected chi connectivity index (χ1v) is 7.22. The Morgan fingerprint density at radius 3 is 3.00 bits per heavy atom. The highest BCUT2D eigenvalue weighted by molar-refractivity contribution is 7.17. The molecule has 0 aliphatic rings. The monoisotopic (exact) mass is 292 g/mol. The molecule has 0 radical (unpaired) electrons. The van der Waals surface area contributed by atoms with Gasteiger partial charge < -0.3 is 4.74 Å². The molecule has 2 heterocycles. The molecule has 0 saturated heterocycles. The summed E-state index contributed by atoms with van der Waals surface area (Å²) in [5, 5.41) is 0.706. The molecule has 0 saturated carbocycles. The van der Waals surface area contributed by atoms with Crippen molar-refractivity contribution in [3.8, 4) is 17.0 Å². The van der Waals surface area contributed by atoms with Gasteiger partial charge in [-0.15, -0.1) is 11.3 Å². The van der Waals surface area contributed by atoms with E-state index in [1.807, 2.05) is 30.6 Å². The number of imidazole rings is 1. The lowest BCUT2D eigenvalue weighted by atomic mass is 10.1. The van der Waals surface area contributed by atoms with Crippen molar-refractivity contribution in [1.82, 2.24) is 9.38 Å². The topological polar surface area (TPSA) is 26.5 Å². The summed E-state index contributed by atoms with van der Waals surface area (Å²) < 4.78 is 7.56. The number of halogens is 1. The number of hydrogen-bond acceptors (Lipinski definition) is 3. The number of thiazole rings is 1. The second-order valence-electron chi connectivity index (χ2n) is 4.15. The number of ether oxygens (including phenoxy) is 1. The first-order valence-electron chi connectivity index (χ1n) is 6.03. The molecular weight excluding hydrogens is 280 g/mol. The normalized spacial score (nSPS) is 11.1. The van der Waals surface area contributed by atoms with E-state index in [0.717, 1.165) is 28.4 Å². The number of nitrogens with zero attached hydrogens (tertiary/aromatic N) is 2. The summed E-state index contributed by atoms with van der Waals surface area (Å²) in [4.78, 5) is 6.63. The van der Waals surface area contributed by atoms with E-state index in [2.05, 4.69) is 16.3 Å². The molecule has 0 amide bonds. The third-order valence-electron chi connectivity index (χ3n) is 3.06. The minimum atomic E-state index is 0.706. The summed E-state index contributed by atoms with van der Waals surface area (Å²) in [6.07, 6.45) is 4.74. The Morgan fingerprint density at radius 1 is 1.42 bits per heavy atom. The smallest absolute Gasteiger partial charge is 0.194 e. The van der Waals surface area contributed by atoms with Crippen molar-refractivity contribution >= 4 is 27.9 Å². The fraction of sp³-hybridized carbons (Fsp3) is 0.214. The first kappa shape index (κ1) is 12.5. The van der Waals surface area contributed by atoms with Crippen LogP contribution in [0.1, 0.15) is 11.8 Å². The van der Waals surface area contributed by atoms with Crippen molar-refractivity contribution in [2.75, 3.05) is 7.11 Å². The van der Waals surface area contributed by atoms with E-state index in [9.17, 15) is 0 Å². The average Bonchev–Trinajstić information content (AvgIpc) is 2.98. The second-order valence-corrected chi connectivity index (χ2v) is 5.65. The van der Waals surface area contributed by atoms with Crippen LogP contribution in [0.5, 0.6) is 5.75 Å². The summed E-state index contributed by atoms with van der Waals surface area (Å²) in [5.41, 5.74) is 2.13. The van der Waals surface area contributed by atoms with E-state index < -0.39 is 0 Å². The largest absolute Gasteiger partial charge is 0.496 e. The fourth-order valence-electron chi connectivity index (χ4n) is 2.21. The number of benzene rings is 1. The summed E-state index contributed by atoms with van der Waals surface area (Å²) >= 11 is 7.84. The molecular formula is C14H13ClN2OS. The molecule has 0 fully saturated rings. The zero-order valence-electron chi connectivity index (χ0n) is 10.7. The third-order valence-corrected chi connectivity index (χ3v) is 4.51. The maximum absolute atomic E-state index is 6.13. The van der Waals surface area contributed by atoms with Gasteiger partial charge in [0, 0.05) is 27.9 Å². The molecule has 0 bridgehead atoms. The zero-order chi connectivity index (χ0) is 13.4. The van der Waals surface area contributed by atoms with Crippen LogP contribution in [0.25, 0.3) is 16.2 Å². The summed E-state index contributed by atoms with van der Waals surface area (Å²) in [6.45, 7) is 2.14. The molecule has 0 aliphatic carbocycles. The Labute approximate surface area is 120 Å². The Balaban J connectivity index is 2.34. The second kappa shape index (κ2) is 4.87. The molecule has 0 unspecified atom stereocenters. The summed E-state index contributed by atoms with van der Waals surface area (Å²) in [7, 11) is 1.68. The average molecular weight is 293 g/mol. The van der Waals surface area contributed by atoms with E-state index >= 15 is 0 Å². The zero-order valence-corrected chi connectivity index (χ0v) is 12.3. The van der Waals surface area contributed by atoms with Crippen LogP contribution in [-0.2, 0) is 6.42 Å². The predicted molar refractivity (Wildman–Crippen MR) is 79.4 cm³/mol. The van der Waals surface area contributed by atoms with Gasteiger partial charge in [0.25, 0.3) is 0 Å². The molecule has 3 nitrogen and oxygen atoms in total. The summed E-state index contributed by atoms with van der Waals surface area (Å²) in [6, 6.07) is 5.69. The fourth-order valence-corrected chi connectivity index (χ4v) is 3.42. The van der Waals surface area contributed by atoms with E-state index in [0.29, 0.717) is 5.02 Å². The number of aromatic nitrogens is 2. The van der Waals surface area contributed by atoms with Crippen LogP contribution in [0.3, 0.4) is 0 Å². The molecule has 19 heavy (non-hydrogen) atoms. The molecule has 98 valence electrons. The van der Waals surface area contributed by atoms with Gasteiger partial charge in [-0.25, -0.2) is 4.98 Å². The minimum Gasteiger partial charge on any atom is -0.496 e. The van der Waals surface area contributed by atoms with Gasteiger partial charge in [0.1, 0.15) is 5.75 Å². The van der Waals surface area contributed by atoms with Crippen LogP contribution >= 0.6 is 22.9 Å². The summed E-state index contributed by atoms with van der Waals surface area (Å²) in [5.74, 6) is 0.826. The molecule has 0 atom stereocenters. The van der Waals surface area contributed by atoms with Gasteiger partial charge in [0.2, 0.25) is 0 Å². The highest BCUT2D eigenvalue weighted by Gasteiger charge is 2.17. The molecule has 2 aromatic heterocycles. The number of fused-ring (bicyclic) bond motifs is 1. The molecule has 0 aliphatic heterocycles. The molecule has 5 heteroatoms. The van der Waals surface area contributed by atoms with Gasteiger partial charge in [0.05, 0.1) is 12.8 Å². The Bertz CT molecular complexity index is 732. The van der Waals surface area contributed by atoms with E-state index in [1.165, 1.54) is 4.88 Å². The maximum atomic E-state index is 6.13. The number of hydrogen-bond donors (Lipinski definition) is 0. The molecule has 3 rings (SSSR count). The van der Waals surface area contributed by atoms with Crippen molar-refractivity contribution in [1.29, 1.82) is 0 Å². The quantitative estimate of drug-likeness (QED) is 0.720. The Morgan fingerprint density at radius 2 is 2.26 bits per heavy atom. The minimum absolute atomic E-state index is 0.706. The maximum Gasteiger partial charge on any atom is 0.194 e. The Kier molecular flexibility index (Phi) is 3.21. The molecule has 3 aromatic rings. The van der Waals surface area contributed by atoms with Crippen molar-refractivity contribution in [3.63, 3.8) is 0 Å². The van der Waals surface area contributed by atoms with Crippen molar-refractivity contribution in [3.05, 3.63) is 40.5 Å². The number of methoxy groups -OCH3 is 1. The van der Waals surface area contributed by atoms with Gasteiger partial charge in [0.15, 0.2) is 4.96 Å².